The number of hydrogen-bond donors (Lipinski definition) is 3. The van der Waals surface area contributed by atoms with E-state index in [-0.39, 0.29) is 12.5 Å². The summed E-state index contributed by atoms with van der Waals surface area (Å²) < 4.78 is 0. The number of aliphatic hydroxyl groups excluding tert-OH is 1. The van der Waals surface area contributed by atoms with Gasteiger partial charge in [-0.25, -0.2) is 5.48 Å². The molecule has 0 heterocycles. The lowest BCUT2D eigenvalue weighted by Crippen LogP contribution is -2.33. The van der Waals surface area contributed by atoms with Crippen LogP contribution in [0.5, 0.6) is 0 Å². The molecule has 0 aliphatic carbocycles. The molecule has 0 atom stereocenters. The zero-order valence-corrected chi connectivity index (χ0v) is 13.9. The molecule has 0 radical (unpaired) electrons. The number of benzene rings is 2. The molecule has 25 heavy (non-hydrogen) atoms. The molecule has 0 spiro atoms. The van der Waals surface area contributed by atoms with Gasteiger partial charge in [-0.2, -0.15) is 0 Å². The Balaban J connectivity index is 2.06. The highest BCUT2D eigenvalue weighted by Gasteiger charge is 2.14. The molecule has 0 aliphatic heterocycles. The van der Waals surface area contributed by atoms with Crippen molar-refractivity contribution in [3.8, 4) is 0 Å². The van der Waals surface area contributed by atoms with Gasteiger partial charge in [0.05, 0.1) is 6.42 Å². The predicted molar refractivity (Wildman–Crippen MR) is 93.0 cm³/mol. The minimum absolute atomic E-state index is 0.0168. The van der Waals surface area contributed by atoms with Gasteiger partial charge in [-0.15, -0.1) is 0 Å². The second kappa shape index (κ2) is 9.56. The second-order valence-electron chi connectivity index (χ2n) is 5.69. The average Bonchev–Trinajstić information content (AvgIpc) is 2.65. The van der Waals surface area contributed by atoms with Gasteiger partial charge in [-0.05, 0) is 29.7 Å². The monoisotopic (exact) mass is 342 g/mol. The smallest absolute Gasteiger partial charge is 0.274 e. The largest absolute Gasteiger partial charge is 0.396 e. The molecule has 0 aromatic heterocycles. The third-order valence-corrected chi connectivity index (χ3v) is 3.83. The Morgan fingerprint density at radius 2 is 1.64 bits per heavy atom. The standard InChI is InChI=1S/C19H22N2O4/c22-12-4-11-21(18(23)13-15-5-2-1-3-6-15)14-16-7-9-17(10-8-16)19(24)20-25/h1-3,5-10,22,25H,4,11-14H2,(H,20,24). The maximum Gasteiger partial charge on any atom is 0.274 e. The number of amides is 2. The maximum atomic E-state index is 12.6. The van der Waals surface area contributed by atoms with Crippen LogP contribution >= 0.6 is 0 Å². The zero-order chi connectivity index (χ0) is 18.1. The van der Waals surface area contributed by atoms with Gasteiger partial charge in [0.1, 0.15) is 0 Å². The van der Waals surface area contributed by atoms with E-state index in [4.69, 9.17) is 10.3 Å². The second-order valence-corrected chi connectivity index (χ2v) is 5.69. The minimum Gasteiger partial charge on any atom is -0.396 e. The maximum absolute atomic E-state index is 12.6. The fourth-order valence-electron chi connectivity index (χ4n) is 2.48. The molecule has 2 aromatic carbocycles. The zero-order valence-electron chi connectivity index (χ0n) is 13.9. The number of hydroxylamine groups is 1. The van der Waals surface area contributed by atoms with Crippen LogP contribution in [0.15, 0.2) is 54.6 Å². The normalized spacial score (nSPS) is 10.3. The minimum atomic E-state index is -0.580. The highest BCUT2D eigenvalue weighted by atomic mass is 16.5. The lowest BCUT2D eigenvalue weighted by Gasteiger charge is -2.23. The summed E-state index contributed by atoms with van der Waals surface area (Å²) in [5, 5.41) is 17.7. The quantitative estimate of drug-likeness (QED) is 0.504. The first kappa shape index (κ1) is 18.6. The van der Waals surface area contributed by atoms with Crippen LogP contribution in [-0.4, -0.2) is 40.2 Å². The first-order valence-electron chi connectivity index (χ1n) is 8.10. The van der Waals surface area contributed by atoms with Crippen molar-refractivity contribution in [2.75, 3.05) is 13.2 Å². The number of aliphatic hydroxyl groups is 1. The van der Waals surface area contributed by atoms with Gasteiger partial charge < -0.3 is 10.0 Å². The third-order valence-electron chi connectivity index (χ3n) is 3.83. The van der Waals surface area contributed by atoms with Crippen LogP contribution in [0.3, 0.4) is 0 Å². The molecule has 132 valence electrons. The van der Waals surface area contributed by atoms with Crippen molar-refractivity contribution in [3.63, 3.8) is 0 Å². The van der Waals surface area contributed by atoms with Gasteiger partial charge in [0.2, 0.25) is 5.91 Å². The van der Waals surface area contributed by atoms with E-state index in [1.807, 2.05) is 30.3 Å². The average molecular weight is 342 g/mol. The lowest BCUT2D eigenvalue weighted by atomic mass is 10.1. The molecule has 0 bridgehead atoms. The summed E-state index contributed by atoms with van der Waals surface area (Å²) in [5.74, 6) is -0.597. The Morgan fingerprint density at radius 1 is 0.960 bits per heavy atom. The van der Waals surface area contributed by atoms with Crippen molar-refractivity contribution in [3.05, 3.63) is 71.3 Å². The molecule has 2 rings (SSSR count). The summed E-state index contributed by atoms with van der Waals surface area (Å²) in [6.07, 6.45) is 0.808. The van der Waals surface area contributed by atoms with E-state index in [2.05, 4.69) is 0 Å². The number of hydrogen-bond acceptors (Lipinski definition) is 4. The molecule has 2 amide bonds. The fourth-order valence-corrected chi connectivity index (χ4v) is 2.48. The summed E-state index contributed by atoms with van der Waals surface area (Å²) >= 11 is 0. The Hall–Kier alpha value is -2.70. The highest BCUT2D eigenvalue weighted by molar-refractivity contribution is 5.93. The van der Waals surface area contributed by atoms with Crippen molar-refractivity contribution in [1.29, 1.82) is 0 Å². The van der Waals surface area contributed by atoms with Crippen LogP contribution in [0.25, 0.3) is 0 Å². The Labute approximate surface area is 146 Å². The van der Waals surface area contributed by atoms with Gasteiger partial charge in [0, 0.05) is 25.3 Å². The number of carbonyl (C=O) groups excluding carboxylic acids is 2. The summed E-state index contributed by atoms with van der Waals surface area (Å²) in [4.78, 5) is 25.6. The van der Waals surface area contributed by atoms with Crippen molar-refractivity contribution >= 4 is 11.8 Å². The first-order chi connectivity index (χ1) is 12.1. The fraction of sp³-hybridized carbons (Fsp3) is 0.263. The van der Waals surface area contributed by atoms with E-state index in [1.165, 1.54) is 0 Å². The highest BCUT2D eigenvalue weighted by Crippen LogP contribution is 2.11. The van der Waals surface area contributed by atoms with E-state index >= 15 is 0 Å². The van der Waals surface area contributed by atoms with E-state index in [0.29, 0.717) is 31.5 Å². The number of nitrogens with one attached hydrogen (secondary N) is 1. The van der Waals surface area contributed by atoms with Crippen LogP contribution in [-0.2, 0) is 17.8 Å². The van der Waals surface area contributed by atoms with Gasteiger partial charge >= 0.3 is 0 Å². The van der Waals surface area contributed by atoms with E-state index in [1.54, 1.807) is 34.6 Å². The van der Waals surface area contributed by atoms with Crippen LogP contribution in [0.4, 0.5) is 0 Å². The molecular formula is C19H22N2O4. The Morgan fingerprint density at radius 3 is 2.24 bits per heavy atom. The molecular weight excluding hydrogens is 320 g/mol. The summed E-state index contributed by atoms with van der Waals surface area (Å²) in [7, 11) is 0. The van der Waals surface area contributed by atoms with Gasteiger partial charge in [0.25, 0.3) is 5.91 Å². The molecule has 6 heteroatoms. The molecule has 2 aromatic rings. The molecule has 6 nitrogen and oxygen atoms in total. The topological polar surface area (TPSA) is 89.9 Å². The Bertz CT molecular complexity index is 686. The molecule has 0 saturated heterocycles. The van der Waals surface area contributed by atoms with Crippen LogP contribution < -0.4 is 5.48 Å². The lowest BCUT2D eigenvalue weighted by molar-refractivity contribution is -0.131. The van der Waals surface area contributed by atoms with Gasteiger partial charge in [-0.3, -0.25) is 14.8 Å². The van der Waals surface area contributed by atoms with Crippen molar-refractivity contribution in [2.24, 2.45) is 0 Å². The van der Waals surface area contributed by atoms with Gasteiger partial charge in [-0.1, -0.05) is 42.5 Å². The van der Waals surface area contributed by atoms with E-state index in [0.717, 1.165) is 11.1 Å². The predicted octanol–water partition coefficient (Wildman–Crippen LogP) is 1.76. The van der Waals surface area contributed by atoms with Crippen molar-refractivity contribution in [2.45, 2.75) is 19.4 Å². The number of rotatable bonds is 8. The van der Waals surface area contributed by atoms with E-state index in [9.17, 15) is 9.59 Å². The van der Waals surface area contributed by atoms with Crippen LogP contribution in [0.1, 0.15) is 27.9 Å². The third kappa shape index (κ3) is 5.70. The van der Waals surface area contributed by atoms with Crippen molar-refractivity contribution < 1.29 is 19.9 Å². The molecule has 0 aliphatic rings. The molecule has 0 unspecified atom stereocenters. The van der Waals surface area contributed by atoms with Crippen LogP contribution in [0, 0.1) is 0 Å². The Kier molecular flexibility index (Phi) is 7.13. The number of carbonyl (C=O) groups is 2. The number of nitrogens with zero attached hydrogens (tertiary/aromatic N) is 1. The van der Waals surface area contributed by atoms with Gasteiger partial charge in [0.15, 0.2) is 0 Å². The molecule has 0 saturated carbocycles. The summed E-state index contributed by atoms with van der Waals surface area (Å²) in [5.41, 5.74) is 3.73. The summed E-state index contributed by atoms with van der Waals surface area (Å²) in [6.45, 7) is 0.873. The SMILES string of the molecule is O=C(NO)c1ccc(CN(CCCO)C(=O)Cc2ccccc2)cc1. The summed E-state index contributed by atoms with van der Waals surface area (Å²) in [6, 6.07) is 16.2. The van der Waals surface area contributed by atoms with E-state index < -0.39 is 5.91 Å². The first-order valence-corrected chi connectivity index (χ1v) is 8.10. The molecule has 0 fully saturated rings. The molecule has 3 N–H and O–H groups in total. The van der Waals surface area contributed by atoms with Crippen LogP contribution in [0.2, 0.25) is 0 Å². The van der Waals surface area contributed by atoms with Crippen molar-refractivity contribution in [1.82, 2.24) is 10.4 Å².